The number of nitrogens with one attached hydrogen (secondary N) is 2. The van der Waals surface area contributed by atoms with E-state index in [9.17, 15) is 4.79 Å². The topological polar surface area (TPSA) is 60.0 Å². The number of amides is 1. The molecule has 1 saturated carbocycles. The Labute approximate surface area is 171 Å². The highest BCUT2D eigenvalue weighted by Gasteiger charge is 2.32. The molecule has 3 rings (SSSR count). The molecule has 1 amide bonds. The van der Waals surface area contributed by atoms with Gasteiger partial charge in [0.15, 0.2) is 5.96 Å². The Hall–Kier alpha value is -1.30. The molecule has 2 N–H and O–H groups in total. The molecule has 2 heterocycles. The van der Waals surface area contributed by atoms with Gasteiger partial charge in [0.05, 0.1) is 0 Å². The van der Waals surface area contributed by atoms with Crippen LogP contribution in [0.1, 0.15) is 65.2 Å². The van der Waals surface area contributed by atoms with E-state index in [0.29, 0.717) is 17.9 Å². The summed E-state index contributed by atoms with van der Waals surface area (Å²) in [5, 5.41) is 7.00. The zero-order valence-corrected chi connectivity index (χ0v) is 18.1. The summed E-state index contributed by atoms with van der Waals surface area (Å²) in [6, 6.07) is 0.325. The monoisotopic (exact) mass is 391 g/mol. The molecule has 3 aliphatic rings. The van der Waals surface area contributed by atoms with Gasteiger partial charge in [0.2, 0.25) is 5.91 Å². The maximum Gasteiger partial charge on any atom is 0.225 e. The molecule has 0 radical (unpaired) electrons. The maximum atomic E-state index is 12.8. The van der Waals surface area contributed by atoms with Gasteiger partial charge in [-0.05, 0) is 58.0 Å². The van der Waals surface area contributed by atoms with E-state index in [1.807, 2.05) is 0 Å². The van der Waals surface area contributed by atoms with Crippen molar-refractivity contribution >= 4 is 11.9 Å². The number of carbonyl (C=O) groups excluding carboxylic acids is 1. The summed E-state index contributed by atoms with van der Waals surface area (Å²) in [4.78, 5) is 22.3. The fourth-order valence-corrected chi connectivity index (χ4v) is 5.00. The fraction of sp³-hybridized carbons (Fsp3) is 0.909. The number of likely N-dealkylation sites (tertiary alicyclic amines) is 2. The Balaban J connectivity index is 1.45. The second-order valence-corrected chi connectivity index (χ2v) is 8.92. The summed E-state index contributed by atoms with van der Waals surface area (Å²) in [7, 11) is 0. The largest absolute Gasteiger partial charge is 0.357 e. The summed E-state index contributed by atoms with van der Waals surface area (Å²) in [5.41, 5.74) is 0. The average molecular weight is 392 g/mol. The molecule has 3 fully saturated rings. The molecule has 28 heavy (non-hydrogen) atoms. The number of aliphatic imine (C=N–C) groups is 1. The Morgan fingerprint density at radius 1 is 1.04 bits per heavy atom. The van der Waals surface area contributed by atoms with Crippen LogP contribution in [0.2, 0.25) is 0 Å². The van der Waals surface area contributed by atoms with Gasteiger partial charge in [-0.3, -0.25) is 9.79 Å². The third-order valence-corrected chi connectivity index (χ3v) is 6.56. The second-order valence-electron chi connectivity index (χ2n) is 8.92. The summed E-state index contributed by atoms with van der Waals surface area (Å²) in [6.45, 7) is 11.5. The predicted molar refractivity (Wildman–Crippen MR) is 116 cm³/mol. The van der Waals surface area contributed by atoms with Crippen LogP contribution in [0.3, 0.4) is 0 Å². The lowest BCUT2D eigenvalue weighted by Gasteiger charge is -2.26. The lowest BCUT2D eigenvalue weighted by atomic mass is 9.88. The number of hydrogen-bond acceptors (Lipinski definition) is 3. The third-order valence-electron chi connectivity index (χ3n) is 6.56. The second kappa shape index (κ2) is 11.0. The van der Waals surface area contributed by atoms with Crippen molar-refractivity contribution in [2.45, 2.75) is 71.3 Å². The Morgan fingerprint density at radius 2 is 1.86 bits per heavy atom. The standard InChI is InChI=1S/C22H41N5O/c1-3-12-26-13-10-18(16-26)15-24-22(23-4-2)25-20-11-14-27(17-20)21(28)19-8-6-5-7-9-19/h18-20H,3-17H2,1-2H3,(H2,23,24,25). The third kappa shape index (κ3) is 6.10. The molecule has 0 bridgehead atoms. The molecular weight excluding hydrogens is 350 g/mol. The van der Waals surface area contributed by atoms with Crippen LogP contribution < -0.4 is 10.6 Å². The van der Waals surface area contributed by atoms with Gasteiger partial charge in [-0.15, -0.1) is 0 Å². The van der Waals surface area contributed by atoms with Crippen molar-refractivity contribution in [1.29, 1.82) is 0 Å². The zero-order valence-electron chi connectivity index (χ0n) is 18.1. The molecule has 160 valence electrons. The number of carbonyl (C=O) groups is 1. The Bertz CT molecular complexity index is 517. The predicted octanol–water partition coefficient (Wildman–Crippen LogP) is 2.45. The van der Waals surface area contributed by atoms with Gasteiger partial charge in [0.25, 0.3) is 0 Å². The van der Waals surface area contributed by atoms with Gasteiger partial charge in [0, 0.05) is 44.7 Å². The van der Waals surface area contributed by atoms with Crippen LogP contribution in [0, 0.1) is 11.8 Å². The highest BCUT2D eigenvalue weighted by molar-refractivity contribution is 5.81. The molecule has 2 unspecified atom stereocenters. The van der Waals surface area contributed by atoms with E-state index in [2.05, 4.69) is 34.3 Å². The van der Waals surface area contributed by atoms with E-state index in [1.165, 1.54) is 51.7 Å². The molecule has 2 atom stereocenters. The highest BCUT2D eigenvalue weighted by atomic mass is 16.2. The van der Waals surface area contributed by atoms with Crippen LogP contribution in [0.4, 0.5) is 0 Å². The molecule has 6 heteroatoms. The number of hydrogen-bond donors (Lipinski definition) is 2. The van der Waals surface area contributed by atoms with Crippen LogP contribution in [-0.4, -0.2) is 73.5 Å². The quantitative estimate of drug-likeness (QED) is 0.517. The molecule has 6 nitrogen and oxygen atoms in total. The van der Waals surface area contributed by atoms with Crippen LogP contribution in [0.25, 0.3) is 0 Å². The SMILES string of the molecule is CCCN1CCC(CN=C(NCC)NC2CCN(C(=O)C3CCCCC3)C2)C1. The molecule has 0 aromatic carbocycles. The first-order valence-electron chi connectivity index (χ1n) is 11.8. The summed E-state index contributed by atoms with van der Waals surface area (Å²) < 4.78 is 0. The smallest absolute Gasteiger partial charge is 0.225 e. The summed E-state index contributed by atoms with van der Waals surface area (Å²) >= 11 is 0. The van der Waals surface area contributed by atoms with Crippen molar-refractivity contribution in [3.05, 3.63) is 0 Å². The van der Waals surface area contributed by atoms with Crippen molar-refractivity contribution < 1.29 is 4.79 Å². The van der Waals surface area contributed by atoms with Crippen molar-refractivity contribution in [2.24, 2.45) is 16.8 Å². The summed E-state index contributed by atoms with van der Waals surface area (Å²) in [5.74, 6) is 2.28. The van der Waals surface area contributed by atoms with E-state index in [1.54, 1.807) is 0 Å². The first-order valence-corrected chi connectivity index (χ1v) is 11.8. The zero-order chi connectivity index (χ0) is 19.8. The molecule has 1 aliphatic carbocycles. The molecule has 0 spiro atoms. The van der Waals surface area contributed by atoms with E-state index < -0.39 is 0 Å². The van der Waals surface area contributed by atoms with E-state index in [0.717, 1.165) is 51.4 Å². The molecule has 2 saturated heterocycles. The van der Waals surface area contributed by atoms with Gasteiger partial charge in [-0.2, -0.15) is 0 Å². The lowest BCUT2D eigenvalue weighted by molar-refractivity contribution is -0.135. The van der Waals surface area contributed by atoms with E-state index in [-0.39, 0.29) is 5.92 Å². The van der Waals surface area contributed by atoms with Crippen molar-refractivity contribution in [3.8, 4) is 0 Å². The first kappa shape index (κ1) is 21.4. The van der Waals surface area contributed by atoms with Crippen molar-refractivity contribution in [3.63, 3.8) is 0 Å². The van der Waals surface area contributed by atoms with Gasteiger partial charge in [-0.1, -0.05) is 26.2 Å². The Kier molecular flexibility index (Phi) is 8.44. The lowest BCUT2D eigenvalue weighted by Crippen LogP contribution is -2.45. The fourth-order valence-electron chi connectivity index (χ4n) is 5.00. The van der Waals surface area contributed by atoms with Crippen LogP contribution in [0.15, 0.2) is 4.99 Å². The van der Waals surface area contributed by atoms with Gasteiger partial charge < -0.3 is 20.4 Å². The van der Waals surface area contributed by atoms with Gasteiger partial charge in [-0.25, -0.2) is 0 Å². The molecule has 0 aromatic rings. The minimum Gasteiger partial charge on any atom is -0.357 e. The minimum atomic E-state index is 0.280. The van der Waals surface area contributed by atoms with Gasteiger partial charge in [0.1, 0.15) is 0 Å². The number of guanidine groups is 1. The molecule has 0 aromatic heterocycles. The van der Waals surface area contributed by atoms with Crippen LogP contribution >= 0.6 is 0 Å². The number of nitrogens with zero attached hydrogens (tertiary/aromatic N) is 3. The Morgan fingerprint density at radius 3 is 2.61 bits per heavy atom. The average Bonchev–Trinajstić information content (AvgIpc) is 3.36. The van der Waals surface area contributed by atoms with E-state index >= 15 is 0 Å². The maximum absolute atomic E-state index is 12.8. The molecular formula is C22H41N5O. The number of rotatable bonds is 7. The highest BCUT2D eigenvalue weighted by Crippen LogP contribution is 2.26. The first-order chi connectivity index (χ1) is 13.7. The van der Waals surface area contributed by atoms with Gasteiger partial charge >= 0.3 is 0 Å². The minimum absolute atomic E-state index is 0.280. The van der Waals surface area contributed by atoms with Crippen molar-refractivity contribution in [2.75, 3.05) is 45.8 Å². The van der Waals surface area contributed by atoms with E-state index in [4.69, 9.17) is 4.99 Å². The normalized spacial score (nSPS) is 27.4. The van der Waals surface area contributed by atoms with Crippen LogP contribution in [0.5, 0.6) is 0 Å². The van der Waals surface area contributed by atoms with Crippen LogP contribution in [-0.2, 0) is 4.79 Å². The van der Waals surface area contributed by atoms with Crippen molar-refractivity contribution in [1.82, 2.24) is 20.4 Å². The summed E-state index contributed by atoms with van der Waals surface area (Å²) in [6.07, 6.45) is 9.44. The molecule has 2 aliphatic heterocycles.